The summed E-state index contributed by atoms with van der Waals surface area (Å²) in [5.41, 5.74) is 1.09. The van der Waals surface area contributed by atoms with Crippen LogP contribution in [0.25, 0.3) is 5.69 Å². The lowest BCUT2D eigenvalue weighted by atomic mass is 10.1. The quantitative estimate of drug-likeness (QED) is 0.565. The molecule has 1 aromatic heterocycles. The zero-order valence-electron chi connectivity index (χ0n) is 17.5. The van der Waals surface area contributed by atoms with Crippen molar-refractivity contribution in [3.8, 4) is 5.69 Å². The Labute approximate surface area is 184 Å². The minimum atomic E-state index is -0.768. The molecule has 0 radical (unpaired) electrons. The molecule has 3 aromatic rings. The minimum Gasteiger partial charge on any atom is -0.383 e. The van der Waals surface area contributed by atoms with Crippen molar-refractivity contribution in [3.05, 3.63) is 90.7 Å². The second kappa shape index (κ2) is 9.72. The Morgan fingerprint density at radius 1 is 1.16 bits per heavy atom. The van der Waals surface area contributed by atoms with Gasteiger partial charge in [0.25, 0.3) is 11.5 Å². The summed E-state index contributed by atoms with van der Waals surface area (Å²) >= 11 is 6.22. The van der Waals surface area contributed by atoms with Crippen molar-refractivity contribution in [2.24, 2.45) is 0 Å². The number of carbonyl (C=O) groups excluding carboxylic acids is 1. The second-order valence-corrected chi connectivity index (χ2v) is 7.51. The molecule has 162 valence electrons. The molecular formula is C22H23ClN4O4. The van der Waals surface area contributed by atoms with Gasteiger partial charge in [-0.25, -0.2) is 4.79 Å². The fraction of sp³-hybridized carbons (Fsp3) is 0.273. The van der Waals surface area contributed by atoms with Gasteiger partial charge in [0.05, 0.1) is 18.8 Å². The van der Waals surface area contributed by atoms with Gasteiger partial charge in [-0.05, 0) is 37.1 Å². The highest BCUT2D eigenvalue weighted by atomic mass is 35.5. The number of hydrogen-bond acceptors (Lipinski definition) is 5. The van der Waals surface area contributed by atoms with Gasteiger partial charge in [0.2, 0.25) is 5.69 Å². The van der Waals surface area contributed by atoms with Crippen LogP contribution in [0.1, 0.15) is 27.2 Å². The SMILES string of the molecule is COCCNC(=O)c1nn(-c2ccc(C)c(Cl)c2)c(=O)n(Cc2cccc(C)c2)c1=O. The summed E-state index contributed by atoms with van der Waals surface area (Å²) in [5, 5.41) is 7.09. The minimum absolute atomic E-state index is 0.000187. The Hall–Kier alpha value is -3.23. The molecule has 0 fully saturated rings. The third-order valence-corrected chi connectivity index (χ3v) is 5.10. The first-order chi connectivity index (χ1) is 14.8. The van der Waals surface area contributed by atoms with Gasteiger partial charge in [-0.15, -0.1) is 0 Å². The van der Waals surface area contributed by atoms with E-state index in [4.69, 9.17) is 16.3 Å². The molecule has 1 N–H and O–H groups in total. The van der Waals surface area contributed by atoms with Crippen molar-refractivity contribution in [1.29, 1.82) is 0 Å². The number of methoxy groups -OCH3 is 1. The highest BCUT2D eigenvalue weighted by Crippen LogP contribution is 2.18. The maximum atomic E-state index is 13.2. The highest BCUT2D eigenvalue weighted by molar-refractivity contribution is 6.31. The van der Waals surface area contributed by atoms with Crippen LogP contribution < -0.4 is 16.6 Å². The molecule has 0 aliphatic rings. The first-order valence-corrected chi connectivity index (χ1v) is 10.0. The molecule has 1 amide bonds. The van der Waals surface area contributed by atoms with E-state index in [9.17, 15) is 14.4 Å². The molecular weight excluding hydrogens is 420 g/mol. The maximum absolute atomic E-state index is 13.2. The lowest BCUT2D eigenvalue weighted by Crippen LogP contribution is -2.46. The topological polar surface area (TPSA) is 95.2 Å². The molecule has 0 spiro atoms. The Morgan fingerprint density at radius 2 is 1.94 bits per heavy atom. The largest absolute Gasteiger partial charge is 0.383 e. The average Bonchev–Trinajstić information content (AvgIpc) is 2.73. The molecule has 2 aromatic carbocycles. The van der Waals surface area contributed by atoms with Crippen molar-refractivity contribution in [3.63, 3.8) is 0 Å². The fourth-order valence-corrected chi connectivity index (χ4v) is 3.20. The van der Waals surface area contributed by atoms with Gasteiger partial charge in [-0.2, -0.15) is 9.78 Å². The third kappa shape index (κ3) is 5.10. The molecule has 0 unspecified atom stereocenters. The lowest BCUT2D eigenvalue weighted by molar-refractivity contribution is 0.0927. The van der Waals surface area contributed by atoms with Crippen LogP contribution in [0.15, 0.2) is 52.1 Å². The Morgan fingerprint density at radius 3 is 2.61 bits per heavy atom. The van der Waals surface area contributed by atoms with Gasteiger partial charge in [-0.1, -0.05) is 47.5 Å². The molecule has 0 saturated carbocycles. The summed E-state index contributed by atoms with van der Waals surface area (Å²) in [4.78, 5) is 38.8. The molecule has 0 aliphatic heterocycles. The van der Waals surface area contributed by atoms with E-state index in [0.717, 1.165) is 25.9 Å². The number of nitrogens with one attached hydrogen (secondary N) is 1. The van der Waals surface area contributed by atoms with E-state index in [0.29, 0.717) is 10.7 Å². The molecule has 0 saturated heterocycles. The van der Waals surface area contributed by atoms with Gasteiger partial charge in [0.1, 0.15) is 0 Å². The summed E-state index contributed by atoms with van der Waals surface area (Å²) in [7, 11) is 1.50. The summed E-state index contributed by atoms with van der Waals surface area (Å²) in [6, 6.07) is 12.4. The van der Waals surface area contributed by atoms with E-state index < -0.39 is 17.2 Å². The number of rotatable bonds is 7. The predicted octanol–water partition coefficient (Wildman–Crippen LogP) is 2.09. The number of aryl methyl sites for hydroxylation is 2. The normalized spacial score (nSPS) is 10.8. The van der Waals surface area contributed by atoms with Crippen molar-refractivity contribution in [2.45, 2.75) is 20.4 Å². The van der Waals surface area contributed by atoms with Crippen LogP contribution in [0.4, 0.5) is 0 Å². The van der Waals surface area contributed by atoms with Crippen LogP contribution in [0.2, 0.25) is 5.02 Å². The molecule has 8 nitrogen and oxygen atoms in total. The number of hydrogen-bond donors (Lipinski definition) is 1. The molecule has 1 heterocycles. The number of nitrogens with zero attached hydrogens (tertiary/aromatic N) is 3. The van der Waals surface area contributed by atoms with Crippen LogP contribution >= 0.6 is 11.6 Å². The summed E-state index contributed by atoms with van der Waals surface area (Å²) in [6.07, 6.45) is 0. The van der Waals surface area contributed by atoms with E-state index in [2.05, 4.69) is 10.4 Å². The molecule has 0 aliphatic carbocycles. The predicted molar refractivity (Wildman–Crippen MR) is 118 cm³/mol. The molecule has 0 bridgehead atoms. The number of benzene rings is 2. The number of ether oxygens (including phenoxy) is 1. The van der Waals surface area contributed by atoms with Crippen LogP contribution in [-0.4, -0.2) is 40.5 Å². The Bertz CT molecular complexity index is 1230. The first-order valence-electron chi connectivity index (χ1n) is 9.65. The number of aromatic nitrogens is 3. The summed E-state index contributed by atoms with van der Waals surface area (Å²) in [5.74, 6) is -0.688. The van der Waals surface area contributed by atoms with E-state index in [1.54, 1.807) is 18.2 Å². The van der Waals surface area contributed by atoms with Gasteiger partial charge in [-0.3, -0.25) is 14.2 Å². The molecule has 0 atom stereocenters. The van der Waals surface area contributed by atoms with E-state index in [-0.39, 0.29) is 25.4 Å². The maximum Gasteiger partial charge on any atom is 0.352 e. The monoisotopic (exact) mass is 442 g/mol. The molecule has 9 heteroatoms. The Balaban J connectivity index is 2.17. The fourth-order valence-electron chi connectivity index (χ4n) is 3.02. The smallest absolute Gasteiger partial charge is 0.352 e. The van der Waals surface area contributed by atoms with Gasteiger partial charge in [0, 0.05) is 18.7 Å². The number of amides is 1. The third-order valence-electron chi connectivity index (χ3n) is 4.69. The van der Waals surface area contributed by atoms with Crippen LogP contribution in [0, 0.1) is 13.8 Å². The van der Waals surface area contributed by atoms with Crippen LogP contribution in [-0.2, 0) is 11.3 Å². The van der Waals surface area contributed by atoms with Crippen LogP contribution in [0.3, 0.4) is 0 Å². The van der Waals surface area contributed by atoms with Crippen LogP contribution in [0.5, 0.6) is 0 Å². The molecule has 31 heavy (non-hydrogen) atoms. The first kappa shape index (κ1) is 22.5. The number of halogens is 1. The van der Waals surface area contributed by atoms with E-state index in [1.165, 1.54) is 7.11 Å². The lowest BCUT2D eigenvalue weighted by Gasteiger charge is -2.13. The van der Waals surface area contributed by atoms with Crippen molar-refractivity contribution < 1.29 is 9.53 Å². The van der Waals surface area contributed by atoms with Gasteiger partial charge in [0.15, 0.2) is 0 Å². The standard InChI is InChI=1S/C22H23ClN4O4/c1-14-5-4-6-16(11-14)13-26-21(29)19(20(28)24-9-10-31-3)25-27(22(26)30)17-8-7-15(2)18(23)12-17/h4-8,11-12H,9-10,13H2,1-3H3,(H,24,28). The van der Waals surface area contributed by atoms with Gasteiger partial charge >= 0.3 is 5.69 Å². The highest BCUT2D eigenvalue weighted by Gasteiger charge is 2.20. The zero-order valence-corrected chi connectivity index (χ0v) is 18.3. The average molecular weight is 443 g/mol. The zero-order chi connectivity index (χ0) is 22.5. The van der Waals surface area contributed by atoms with Crippen molar-refractivity contribution >= 4 is 17.5 Å². The van der Waals surface area contributed by atoms with Gasteiger partial charge < -0.3 is 10.1 Å². The van der Waals surface area contributed by atoms with Crippen molar-refractivity contribution in [2.75, 3.05) is 20.3 Å². The number of carbonyl (C=O) groups is 1. The molecule has 3 rings (SSSR count). The van der Waals surface area contributed by atoms with E-state index >= 15 is 0 Å². The van der Waals surface area contributed by atoms with Crippen molar-refractivity contribution in [1.82, 2.24) is 19.7 Å². The van der Waals surface area contributed by atoms with E-state index in [1.807, 2.05) is 38.1 Å². The second-order valence-electron chi connectivity index (χ2n) is 7.11. The Kier molecular flexibility index (Phi) is 7.04. The summed E-state index contributed by atoms with van der Waals surface area (Å²) < 4.78 is 6.94. The summed E-state index contributed by atoms with van der Waals surface area (Å²) in [6.45, 7) is 4.22.